The summed E-state index contributed by atoms with van der Waals surface area (Å²) in [7, 11) is -1.71. The van der Waals surface area contributed by atoms with Crippen molar-refractivity contribution in [2.24, 2.45) is 0 Å². The molecule has 0 aliphatic rings. The molecule has 1 amide bonds. The Bertz CT molecular complexity index is 665. The maximum Gasteiger partial charge on any atom is 0.371 e. The topological polar surface area (TPSA) is 96.6 Å². The first kappa shape index (κ1) is 15.0. The van der Waals surface area contributed by atoms with Gasteiger partial charge in [-0.2, -0.15) is 0 Å². The van der Waals surface area contributed by atoms with Crippen molar-refractivity contribution in [2.45, 2.75) is 11.6 Å². The Balaban J connectivity index is 1.87. The van der Waals surface area contributed by atoms with E-state index in [0.717, 1.165) is 5.56 Å². The van der Waals surface area contributed by atoms with Crippen LogP contribution in [0.2, 0.25) is 0 Å². The van der Waals surface area contributed by atoms with Crippen molar-refractivity contribution in [3.8, 4) is 0 Å². The largest absolute Gasteiger partial charge is 0.475 e. The van der Waals surface area contributed by atoms with E-state index in [1.807, 2.05) is 30.3 Å². The van der Waals surface area contributed by atoms with Crippen LogP contribution in [-0.2, 0) is 22.1 Å². The van der Waals surface area contributed by atoms with Crippen LogP contribution < -0.4 is 5.32 Å². The molecule has 1 aromatic heterocycles. The number of aromatic carboxylic acids is 1. The first-order valence-corrected chi connectivity index (χ1v) is 7.40. The van der Waals surface area contributed by atoms with Gasteiger partial charge in [-0.15, -0.1) is 0 Å². The number of benzene rings is 1. The summed E-state index contributed by atoms with van der Waals surface area (Å²) >= 11 is 0. The first-order valence-electron chi connectivity index (χ1n) is 6.08. The highest BCUT2D eigenvalue weighted by molar-refractivity contribution is 7.85. The monoisotopic (exact) mass is 307 g/mol. The average molecular weight is 307 g/mol. The molecule has 7 heteroatoms. The molecule has 0 fully saturated rings. The van der Waals surface area contributed by atoms with Gasteiger partial charge in [0.25, 0.3) is 0 Å². The third-order valence-corrected chi connectivity index (χ3v) is 3.80. The number of hydrogen-bond acceptors (Lipinski definition) is 4. The lowest BCUT2D eigenvalue weighted by molar-refractivity contribution is -0.118. The number of carboxylic acid groups (broad SMARTS) is 1. The number of carbonyl (C=O) groups is 2. The third-order valence-electron chi connectivity index (χ3n) is 2.61. The van der Waals surface area contributed by atoms with Gasteiger partial charge in [-0.05, 0) is 17.7 Å². The van der Waals surface area contributed by atoms with Gasteiger partial charge in [-0.1, -0.05) is 30.3 Å². The van der Waals surface area contributed by atoms with Crippen LogP contribution in [-0.4, -0.2) is 26.9 Å². The number of amides is 1. The quantitative estimate of drug-likeness (QED) is 0.841. The second-order valence-corrected chi connectivity index (χ2v) is 5.56. The molecule has 0 aliphatic carbocycles. The van der Waals surface area contributed by atoms with Crippen LogP contribution in [0.25, 0.3) is 0 Å². The van der Waals surface area contributed by atoms with Gasteiger partial charge < -0.3 is 14.8 Å². The SMILES string of the molecule is O=C(CS(=O)c1ccc(C(=O)O)o1)NCc1ccccc1. The smallest absolute Gasteiger partial charge is 0.371 e. The Hall–Kier alpha value is -2.41. The van der Waals surface area contributed by atoms with Crippen molar-refractivity contribution in [2.75, 3.05) is 5.75 Å². The van der Waals surface area contributed by atoms with Gasteiger partial charge in [0, 0.05) is 6.54 Å². The Morgan fingerprint density at radius 3 is 2.48 bits per heavy atom. The van der Waals surface area contributed by atoms with E-state index in [1.54, 1.807) is 0 Å². The van der Waals surface area contributed by atoms with Crippen molar-refractivity contribution in [1.82, 2.24) is 5.32 Å². The molecule has 110 valence electrons. The van der Waals surface area contributed by atoms with Gasteiger partial charge in [-0.25, -0.2) is 4.79 Å². The number of hydrogen-bond donors (Lipinski definition) is 2. The van der Waals surface area contributed by atoms with Crippen LogP contribution in [0, 0.1) is 0 Å². The van der Waals surface area contributed by atoms with E-state index in [-0.39, 0.29) is 16.6 Å². The Morgan fingerprint density at radius 1 is 1.14 bits per heavy atom. The molecule has 1 unspecified atom stereocenters. The number of rotatable bonds is 6. The standard InChI is InChI=1S/C14H13NO5S/c16-12(15-8-10-4-2-1-3-5-10)9-21(19)13-7-6-11(20-13)14(17)18/h1-7H,8-9H2,(H,15,16)(H,17,18). The highest BCUT2D eigenvalue weighted by Gasteiger charge is 2.16. The van der Waals surface area contributed by atoms with Crippen molar-refractivity contribution in [3.63, 3.8) is 0 Å². The lowest BCUT2D eigenvalue weighted by Gasteiger charge is -2.04. The molecule has 0 aliphatic heterocycles. The van der Waals surface area contributed by atoms with Crippen LogP contribution in [0.5, 0.6) is 0 Å². The van der Waals surface area contributed by atoms with Crippen molar-refractivity contribution >= 4 is 22.7 Å². The molecule has 6 nitrogen and oxygen atoms in total. The number of carbonyl (C=O) groups excluding carboxylic acids is 1. The van der Waals surface area contributed by atoms with E-state index in [4.69, 9.17) is 9.52 Å². The number of nitrogens with one attached hydrogen (secondary N) is 1. The Kier molecular flexibility index (Phi) is 4.89. The van der Waals surface area contributed by atoms with Gasteiger partial charge in [-0.3, -0.25) is 9.00 Å². The molecule has 1 atom stereocenters. The summed E-state index contributed by atoms with van der Waals surface area (Å²) in [5.74, 6) is -2.22. The van der Waals surface area contributed by atoms with E-state index in [9.17, 15) is 13.8 Å². The van der Waals surface area contributed by atoms with Gasteiger partial charge >= 0.3 is 5.97 Å². The normalized spacial score (nSPS) is 11.8. The summed E-state index contributed by atoms with van der Waals surface area (Å²) in [5, 5.41) is 11.3. The predicted octanol–water partition coefficient (Wildman–Crippen LogP) is 1.40. The molecule has 0 radical (unpaired) electrons. The zero-order chi connectivity index (χ0) is 15.2. The van der Waals surface area contributed by atoms with Crippen LogP contribution in [0.1, 0.15) is 16.1 Å². The average Bonchev–Trinajstić information content (AvgIpc) is 2.96. The molecule has 2 aromatic rings. The highest BCUT2D eigenvalue weighted by Crippen LogP contribution is 2.12. The summed E-state index contributed by atoms with van der Waals surface area (Å²) in [6.45, 7) is 0.343. The molecule has 2 N–H and O–H groups in total. The predicted molar refractivity (Wildman–Crippen MR) is 75.2 cm³/mol. The second kappa shape index (κ2) is 6.85. The molecule has 0 saturated carbocycles. The molecule has 1 heterocycles. The summed E-state index contributed by atoms with van der Waals surface area (Å²) < 4.78 is 16.8. The van der Waals surface area contributed by atoms with Gasteiger partial charge in [0.1, 0.15) is 5.75 Å². The van der Waals surface area contributed by atoms with Crippen molar-refractivity contribution in [3.05, 3.63) is 53.8 Å². The molecule has 1 aromatic carbocycles. The molecule has 21 heavy (non-hydrogen) atoms. The maximum atomic E-state index is 11.9. The third kappa shape index (κ3) is 4.28. The van der Waals surface area contributed by atoms with Gasteiger partial charge in [0.05, 0.1) is 10.8 Å². The van der Waals surface area contributed by atoms with Crippen LogP contribution in [0.4, 0.5) is 0 Å². The molecular weight excluding hydrogens is 294 g/mol. The fourth-order valence-corrected chi connectivity index (χ4v) is 2.48. The first-order chi connectivity index (χ1) is 10.1. The molecule has 0 saturated heterocycles. The van der Waals surface area contributed by atoms with E-state index in [1.165, 1.54) is 12.1 Å². The fourth-order valence-electron chi connectivity index (χ4n) is 1.60. The molecule has 0 spiro atoms. The Morgan fingerprint density at radius 2 is 1.86 bits per heavy atom. The van der Waals surface area contributed by atoms with E-state index in [2.05, 4.69) is 5.32 Å². The van der Waals surface area contributed by atoms with E-state index >= 15 is 0 Å². The molecule has 2 rings (SSSR count). The minimum Gasteiger partial charge on any atom is -0.475 e. The van der Waals surface area contributed by atoms with Crippen molar-refractivity contribution < 1.29 is 23.3 Å². The summed E-state index contributed by atoms with van der Waals surface area (Å²) in [6.07, 6.45) is 0. The zero-order valence-electron chi connectivity index (χ0n) is 10.9. The van der Waals surface area contributed by atoms with Crippen LogP contribution in [0.3, 0.4) is 0 Å². The summed E-state index contributed by atoms with van der Waals surface area (Å²) in [6, 6.07) is 11.8. The zero-order valence-corrected chi connectivity index (χ0v) is 11.8. The summed E-state index contributed by atoms with van der Waals surface area (Å²) in [5.41, 5.74) is 0.933. The minimum atomic E-state index is -1.71. The van der Waals surface area contributed by atoms with Gasteiger partial charge in [0.15, 0.2) is 5.09 Å². The number of carboxylic acids is 1. The molecule has 0 bridgehead atoms. The highest BCUT2D eigenvalue weighted by atomic mass is 32.2. The number of furan rings is 1. The molecular formula is C14H13NO5S. The van der Waals surface area contributed by atoms with Crippen LogP contribution in [0.15, 0.2) is 52.0 Å². The van der Waals surface area contributed by atoms with E-state index in [0.29, 0.717) is 6.54 Å². The lowest BCUT2D eigenvalue weighted by Crippen LogP contribution is -2.27. The second-order valence-electron chi connectivity index (χ2n) is 4.18. The summed E-state index contributed by atoms with van der Waals surface area (Å²) in [4.78, 5) is 22.3. The lowest BCUT2D eigenvalue weighted by atomic mass is 10.2. The maximum absolute atomic E-state index is 11.9. The van der Waals surface area contributed by atoms with Crippen molar-refractivity contribution in [1.29, 1.82) is 0 Å². The minimum absolute atomic E-state index is 0.0257. The Labute approximate surface area is 123 Å². The van der Waals surface area contributed by atoms with Crippen LogP contribution >= 0.6 is 0 Å². The van der Waals surface area contributed by atoms with E-state index < -0.39 is 22.7 Å². The fraction of sp³-hybridized carbons (Fsp3) is 0.143. The van der Waals surface area contributed by atoms with Gasteiger partial charge in [0.2, 0.25) is 11.7 Å².